The summed E-state index contributed by atoms with van der Waals surface area (Å²) in [7, 11) is 0. The van der Waals surface area contributed by atoms with Gasteiger partial charge in [0.15, 0.2) is 0 Å². The van der Waals surface area contributed by atoms with Crippen molar-refractivity contribution >= 4 is 12.1 Å². The summed E-state index contributed by atoms with van der Waals surface area (Å²) >= 11 is 0. The zero-order valence-electron chi connectivity index (χ0n) is 21.8. The van der Waals surface area contributed by atoms with E-state index >= 15 is 0 Å². The number of ketones is 1. The second kappa shape index (κ2) is 6.60. The van der Waals surface area contributed by atoms with E-state index in [2.05, 4.69) is 54.5 Å². The molecule has 0 aliphatic heterocycles. The van der Waals surface area contributed by atoms with Crippen LogP contribution in [-0.4, -0.2) is 12.1 Å². The summed E-state index contributed by atoms with van der Waals surface area (Å²) in [6, 6.07) is 0. The van der Waals surface area contributed by atoms with Crippen LogP contribution in [0.3, 0.4) is 0 Å². The summed E-state index contributed by atoms with van der Waals surface area (Å²) in [4.78, 5) is 24.9. The second-order valence-corrected chi connectivity index (χ2v) is 14.7. The van der Waals surface area contributed by atoms with Crippen molar-refractivity contribution in [3.05, 3.63) is 11.6 Å². The summed E-state index contributed by atoms with van der Waals surface area (Å²) in [5.74, 6) is 2.28. The molecule has 4 fully saturated rings. The van der Waals surface area contributed by atoms with Crippen molar-refractivity contribution in [3.63, 3.8) is 0 Å². The van der Waals surface area contributed by atoms with Crippen molar-refractivity contribution in [2.24, 2.45) is 50.2 Å². The van der Waals surface area contributed by atoms with E-state index in [1.807, 2.05) is 0 Å². The van der Waals surface area contributed by atoms with Crippen LogP contribution < -0.4 is 0 Å². The fourth-order valence-corrected chi connectivity index (χ4v) is 10.6. The Morgan fingerprint density at radius 3 is 2.09 bits per heavy atom. The van der Waals surface area contributed by atoms with Crippen molar-refractivity contribution in [2.45, 2.75) is 113 Å². The Morgan fingerprint density at radius 1 is 0.812 bits per heavy atom. The fraction of sp³-hybridized carbons (Fsp3) is 0.867. The van der Waals surface area contributed by atoms with E-state index in [4.69, 9.17) is 0 Å². The van der Waals surface area contributed by atoms with Gasteiger partial charge in [0.25, 0.3) is 0 Å². The fourth-order valence-electron chi connectivity index (χ4n) is 10.6. The van der Waals surface area contributed by atoms with Crippen LogP contribution in [0.4, 0.5) is 0 Å². The number of hydrogen-bond donors (Lipinski definition) is 0. The largest absolute Gasteiger partial charge is 0.303 e. The average Bonchev–Trinajstić information content (AvgIpc) is 2.72. The third kappa shape index (κ3) is 2.70. The van der Waals surface area contributed by atoms with E-state index < -0.39 is 0 Å². The second-order valence-electron chi connectivity index (χ2n) is 14.7. The first-order chi connectivity index (χ1) is 14.8. The minimum Gasteiger partial charge on any atom is -0.303 e. The van der Waals surface area contributed by atoms with E-state index in [1.165, 1.54) is 44.8 Å². The normalized spacial score (nSPS) is 54.4. The highest BCUT2D eigenvalue weighted by atomic mass is 16.1. The van der Waals surface area contributed by atoms with Crippen molar-refractivity contribution in [2.75, 3.05) is 0 Å². The molecule has 5 rings (SSSR count). The van der Waals surface area contributed by atoms with E-state index in [0.717, 1.165) is 25.7 Å². The molecule has 5 aliphatic rings. The highest BCUT2D eigenvalue weighted by Crippen LogP contribution is 2.74. The molecule has 0 unspecified atom stereocenters. The molecule has 2 nitrogen and oxygen atoms in total. The Morgan fingerprint density at radius 2 is 1.44 bits per heavy atom. The van der Waals surface area contributed by atoms with Crippen molar-refractivity contribution < 1.29 is 9.59 Å². The number of carbonyl (C=O) groups excluding carboxylic acids is 2. The first-order valence-electron chi connectivity index (χ1n) is 13.5. The predicted molar refractivity (Wildman–Crippen MR) is 130 cm³/mol. The summed E-state index contributed by atoms with van der Waals surface area (Å²) < 4.78 is 0. The van der Waals surface area contributed by atoms with Crippen molar-refractivity contribution in [3.8, 4) is 0 Å². The Balaban J connectivity index is 1.56. The van der Waals surface area contributed by atoms with E-state index in [1.54, 1.807) is 5.57 Å². The molecule has 4 saturated carbocycles. The van der Waals surface area contributed by atoms with Gasteiger partial charge in [-0.1, -0.05) is 60.1 Å². The van der Waals surface area contributed by atoms with Crippen LogP contribution in [-0.2, 0) is 9.59 Å². The van der Waals surface area contributed by atoms with Crippen LogP contribution in [0.2, 0.25) is 0 Å². The molecule has 2 heteroatoms. The van der Waals surface area contributed by atoms with Gasteiger partial charge in [-0.25, -0.2) is 0 Å². The topological polar surface area (TPSA) is 34.1 Å². The van der Waals surface area contributed by atoms with Gasteiger partial charge in [0.05, 0.1) is 0 Å². The van der Waals surface area contributed by atoms with Gasteiger partial charge in [-0.05, 0) is 97.2 Å². The average molecular weight is 439 g/mol. The molecule has 0 amide bonds. The molecule has 178 valence electrons. The monoisotopic (exact) mass is 438 g/mol. The summed E-state index contributed by atoms with van der Waals surface area (Å²) in [6.07, 6.45) is 15.2. The Labute approximate surface area is 196 Å². The maximum absolute atomic E-state index is 12.9. The third-order valence-corrected chi connectivity index (χ3v) is 12.6. The first-order valence-corrected chi connectivity index (χ1v) is 13.5. The third-order valence-electron chi connectivity index (χ3n) is 12.6. The molecule has 0 N–H and O–H groups in total. The minimum atomic E-state index is -0.177. The van der Waals surface area contributed by atoms with Crippen LogP contribution >= 0.6 is 0 Å². The number of rotatable bonds is 1. The lowest BCUT2D eigenvalue weighted by Gasteiger charge is -2.69. The Bertz CT molecular complexity index is 883. The van der Waals surface area contributed by atoms with Gasteiger partial charge in [0.1, 0.15) is 12.1 Å². The molecule has 0 aromatic rings. The molecule has 32 heavy (non-hydrogen) atoms. The molecule has 0 aromatic heterocycles. The van der Waals surface area contributed by atoms with Crippen LogP contribution in [0, 0.1) is 50.2 Å². The molecule has 0 heterocycles. The predicted octanol–water partition coefficient (Wildman–Crippen LogP) is 7.56. The van der Waals surface area contributed by atoms with Crippen molar-refractivity contribution in [1.82, 2.24) is 0 Å². The van der Waals surface area contributed by atoms with Gasteiger partial charge in [-0.3, -0.25) is 4.79 Å². The standard InChI is InChI=1S/C30H46O2/c1-25(2)20-9-13-29(6)21-8-12-27(4)17-16-26(3,19-31)18-23(27)30(21,7)14-10-22(29)28(20,5)15-11-24(25)32/h8,19-20,22-23H,9-18H2,1-7H3/t20-,22+,23+,26-,27-,28-,29-,30+/m0/s1. The van der Waals surface area contributed by atoms with Crippen LogP contribution in [0.5, 0.6) is 0 Å². The van der Waals surface area contributed by atoms with E-state index in [9.17, 15) is 9.59 Å². The number of hydrogen-bond acceptors (Lipinski definition) is 2. The lowest BCUT2D eigenvalue weighted by Crippen LogP contribution is -2.62. The van der Waals surface area contributed by atoms with Gasteiger partial charge in [-0.15, -0.1) is 0 Å². The molecule has 5 aliphatic carbocycles. The maximum atomic E-state index is 12.9. The highest BCUT2D eigenvalue weighted by Gasteiger charge is 2.67. The SMILES string of the molecule is CC1(C)C(=O)CC[C@]2(C)[C@H]3CC[C@]4(C)C(=CC[C@@]5(C)CC[C@](C)(C=O)C[C@H]54)[C@]3(C)CC[C@@H]12. The van der Waals surface area contributed by atoms with Crippen molar-refractivity contribution in [1.29, 1.82) is 0 Å². The number of fused-ring (bicyclic) bond motifs is 7. The number of aldehydes is 1. The van der Waals surface area contributed by atoms with E-state index in [-0.39, 0.29) is 27.1 Å². The summed E-state index contributed by atoms with van der Waals surface area (Å²) in [6.45, 7) is 16.9. The lowest BCUT2D eigenvalue weighted by atomic mass is 9.35. The summed E-state index contributed by atoms with van der Waals surface area (Å²) in [5, 5.41) is 0. The van der Waals surface area contributed by atoms with Gasteiger partial charge in [0.2, 0.25) is 0 Å². The van der Waals surface area contributed by atoms with Crippen LogP contribution in [0.1, 0.15) is 113 Å². The van der Waals surface area contributed by atoms with Gasteiger partial charge >= 0.3 is 0 Å². The smallest absolute Gasteiger partial charge is 0.138 e. The van der Waals surface area contributed by atoms with Gasteiger partial charge in [-0.2, -0.15) is 0 Å². The number of allylic oxidation sites excluding steroid dienone is 2. The first kappa shape index (κ1) is 22.9. The molecular weight excluding hydrogens is 392 g/mol. The maximum Gasteiger partial charge on any atom is 0.138 e. The number of carbonyl (C=O) groups is 2. The molecule has 0 bridgehead atoms. The quantitative estimate of drug-likeness (QED) is 0.313. The van der Waals surface area contributed by atoms with Gasteiger partial charge < -0.3 is 4.79 Å². The van der Waals surface area contributed by atoms with Crippen LogP contribution in [0.25, 0.3) is 0 Å². The molecule has 0 saturated heterocycles. The molecule has 0 aromatic carbocycles. The highest BCUT2D eigenvalue weighted by molar-refractivity contribution is 5.85. The Kier molecular flexibility index (Phi) is 4.71. The minimum absolute atomic E-state index is 0.148. The van der Waals surface area contributed by atoms with Gasteiger partial charge in [0, 0.05) is 17.3 Å². The number of Topliss-reactive ketones (excluding diaryl/α,β-unsaturated/α-hetero) is 1. The summed E-state index contributed by atoms with van der Waals surface area (Å²) in [5.41, 5.74) is 2.47. The lowest BCUT2D eigenvalue weighted by molar-refractivity contribution is -0.169. The molecule has 8 atom stereocenters. The Hall–Kier alpha value is -0.920. The molecule has 0 radical (unpaired) electrons. The molecular formula is C30H46O2. The molecule has 0 spiro atoms. The van der Waals surface area contributed by atoms with E-state index in [0.29, 0.717) is 29.0 Å². The van der Waals surface area contributed by atoms with Crippen LogP contribution in [0.15, 0.2) is 11.6 Å². The zero-order valence-corrected chi connectivity index (χ0v) is 21.8. The zero-order chi connectivity index (χ0) is 23.4.